The molecule has 0 aliphatic carbocycles. The maximum Gasteiger partial charge on any atom is 0.214 e. The third-order valence-corrected chi connectivity index (χ3v) is 5.65. The monoisotopic (exact) mass is 291 g/mol. The number of piperazine rings is 1. The molecule has 1 fully saturated rings. The van der Waals surface area contributed by atoms with E-state index in [0.29, 0.717) is 13.1 Å². The maximum atomic E-state index is 12.3. The number of hydrogen-bond acceptors (Lipinski definition) is 4. The fraction of sp³-hybridized carbons (Fsp3) is 1.00. The normalized spacial score (nSPS) is 19.8. The summed E-state index contributed by atoms with van der Waals surface area (Å²) in [4.78, 5) is 2.33. The minimum atomic E-state index is -3.10. The van der Waals surface area contributed by atoms with E-state index >= 15 is 0 Å². The van der Waals surface area contributed by atoms with Crippen LogP contribution in [0.1, 0.15) is 33.6 Å². The molecule has 1 aliphatic heterocycles. The molecule has 0 aromatic rings. The Labute approximate surface area is 118 Å². The molecule has 1 saturated heterocycles. The molecular weight excluding hydrogens is 262 g/mol. The number of hydrogen-bond donors (Lipinski definition) is 1. The fourth-order valence-corrected chi connectivity index (χ4v) is 4.35. The molecule has 0 saturated carbocycles. The van der Waals surface area contributed by atoms with E-state index < -0.39 is 10.0 Å². The number of nitrogens with zero attached hydrogens (tertiary/aromatic N) is 2. The Morgan fingerprint density at radius 2 is 1.63 bits per heavy atom. The Kier molecular flexibility index (Phi) is 6.23. The first-order chi connectivity index (χ1) is 8.74. The molecule has 0 amide bonds. The number of sulfonamides is 1. The molecule has 0 radical (unpaired) electrons. The van der Waals surface area contributed by atoms with Crippen LogP contribution in [-0.2, 0) is 10.0 Å². The van der Waals surface area contributed by atoms with Gasteiger partial charge in [0.1, 0.15) is 0 Å². The van der Waals surface area contributed by atoms with Crippen molar-refractivity contribution < 1.29 is 8.42 Å². The number of unbranched alkanes of at least 4 members (excludes halogenated alkanes) is 1. The fourth-order valence-electron chi connectivity index (χ4n) is 2.35. The van der Waals surface area contributed by atoms with Gasteiger partial charge >= 0.3 is 0 Å². The van der Waals surface area contributed by atoms with E-state index in [0.717, 1.165) is 39.0 Å². The van der Waals surface area contributed by atoms with Gasteiger partial charge in [0, 0.05) is 26.2 Å². The Morgan fingerprint density at radius 3 is 2.11 bits per heavy atom. The average Bonchev–Trinajstić information content (AvgIpc) is 2.27. The van der Waals surface area contributed by atoms with Crippen molar-refractivity contribution in [2.45, 2.75) is 33.6 Å². The second-order valence-corrected chi connectivity index (χ2v) is 8.52. The molecule has 1 aliphatic rings. The van der Waals surface area contributed by atoms with Gasteiger partial charge in [-0.1, -0.05) is 20.8 Å². The van der Waals surface area contributed by atoms with Crippen molar-refractivity contribution in [2.75, 3.05) is 45.0 Å². The Balaban J connectivity index is 2.41. The van der Waals surface area contributed by atoms with Gasteiger partial charge in [-0.15, -0.1) is 0 Å². The van der Waals surface area contributed by atoms with E-state index in [4.69, 9.17) is 5.73 Å². The minimum Gasteiger partial charge on any atom is -0.330 e. The van der Waals surface area contributed by atoms with Crippen molar-refractivity contribution >= 4 is 10.0 Å². The third-order valence-electron chi connectivity index (χ3n) is 3.27. The lowest BCUT2D eigenvalue weighted by atomic mass is 10.0. The lowest BCUT2D eigenvalue weighted by Crippen LogP contribution is -2.50. The molecule has 1 heterocycles. The molecule has 5 nitrogen and oxygen atoms in total. The predicted molar refractivity (Wildman–Crippen MR) is 79.5 cm³/mol. The minimum absolute atomic E-state index is 0.183. The summed E-state index contributed by atoms with van der Waals surface area (Å²) in [5.41, 5.74) is 5.29. The molecule has 0 aromatic heterocycles. The standard InChI is InChI=1S/C13H29N3O2S/c1-13(2,3)12-19(17,18)16-10-8-15(9-11-16)7-5-4-6-14/h4-12,14H2,1-3H3. The van der Waals surface area contributed by atoms with Crippen LogP contribution in [0.15, 0.2) is 0 Å². The van der Waals surface area contributed by atoms with Crippen LogP contribution in [0.25, 0.3) is 0 Å². The van der Waals surface area contributed by atoms with Crippen molar-refractivity contribution in [1.82, 2.24) is 9.21 Å². The topological polar surface area (TPSA) is 66.6 Å². The molecular formula is C13H29N3O2S. The summed E-state index contributed by atoms with van der Waals surface area (Å²) in [6.07, 6.45) is 2.15. The van der Waals surface area contributed by atoms with Gasteiger partial charge in [0.05, 0.1) is 5.75 Å². The summed E-state index contributed by atoms with van der Waals surface area (Å²) in [7, 11) is -3.10. The molecule has 114 valence electrons. The second kappa shape index (κ2) is 7.02. The maximum absolute atomic E-state index is 12.3. The first kappa shape index (κ1) is 16.9. The van der Waals surface area contributed by atoms with Crippen molar-refractivity contribution in [2.24, 2.45) is 11.1 Å². The molecule has 0 unspecified atom stereocenters. The predicted octanol–water partition coefficient (Wildman–Crippen LogP) is 0.719. The Bertz CT molecular complexity index is 355. The van der Waals surface area contributed by atoms with Gasteiger partial charge in [0.25, 0.3) is 0 Å². The van der Waals surface area contributed by atoms with Crippen molar-refractivity contribution in [3.8, 4) is 0 Å². The molecule has 19 heavy (non-hydrogen) atoms. The Hall–Kier alpha value is -0.170. The van der Waals surface area contributed by atoms with Crippen LogP contribution in [0, 0.1) is 5.41 Å². The highest BCUT2D eigenvalue weighted by atomic mass is 32.2. The SMILES string of the molecule is CC(C)(C)CS(=O)(=O)N1CCN(CCCCN)CC1. The second-order valence-electron chi connectivity index (χ2n) is 6.55. The quantitative estimate of drug-likeness (QED) is 0.732. The van der Waals surface area contributed by atoms with Crippen molar-refractivity contribution in [3.63, 3.8) is 0 Å². The highest BCUT2D eigenvalue weighted by molar-refractivity contribution is 7.89. The van der Waals surface area contributed by atoms with Gasteiger partial charge < -0.3 is 10.6 Å². The van der Waals surface area contributed by atoms with Gasteiger partial charge in [-0.25, -0.2) is 8.42 Å². The molecule has 0 atom stereocenters. The van der Waals surface area contributed by atoms with Crippen LogP contribution in [-0.4, -0.2) is 62.6 Å². The molecule has 1 rings (SSSR count). The number of rotatable bonds is 6. The summed E-state index contributed by atoms with van der Waals surface area (Å²) in [5.74, 6) is 0.229. The molecule has 0 spiro atoms. The van der Waals surface area contributed by atoms with E-state index in [-0.39, 0.29) is 11.2 Å². The average molecular weight is 291 g/mol. The van der Waals surface area contributed by atoms with E-state index in [1.54, 1.807) is 4.31 Å². The van der Waals surface area contributed by atoms with Crippen molar-refractivity contribution in [3.05, 3.63) is 0 Å². The smallest absolute Gasteiger partial charge is 0.214 e. The molecule has 0 aromatic carbocycles. The van der Waals surface area contributed by atoms with E-state index in [1.165, 1.54) is 0 Å². The highest BCUT2D eigenvalue weighted by Gasteiger charge is 2.30. The van der Waals surface area contributed by atoms with Gasteiger partial charge in [-0.3, -0.25) is 0 Å². The summed E-state index contributed by atoms with van der Waals surface area (Å²) in [6.45, 7) is 10.6. The van der Waals surface area contributed by atoms with Crippen LogP contribution in [0.5, 0.6) is 0 Å². The summed E-state index contributed by atoms with van der Waals surface area (Å²) in [6, 6.07) is 0. The lowest BCUT2D eigenvalue weighted by Gasteiger charge is -2.35. The highest BCUT2D eigenvalue weighted by Crippen LogP contribution is 2.19. The largest absolute Gasteiger partial charge is 0.330 e. The van der Waals surface area contributed by atoms with Gasteiger partial charge in [-0.2, -0.15) is 4.31 Å². The van der Waals surface area contributed by atoms with Crippen molar-refractivity contribution in [1.29, 1.82) is 0 Å². The van der Waals surface area contributed by atoms with Gasteiger partial charge in [0.15, 0.2) is 0 Å². The van der Waals surface area contributed by atoms with Crippen LogP contribution in [0.3, 0.4) is 0 Å². The van der Waals surface area contributed by atoms with Crippen LogP contribution >= 0.6 is 0 Å². The summed E-state index contributed by atoms with van der Waals surface area (Å²) < 4.78 is 26.2. The molecule has 6 heteroatoms. The van der Waals surface area contributed by atoms with Crippen LogP contribution < -0.4 is 5.73 Å². The third kappa shape index (κ3) is 6.21. The zero-order chi connectivity index (χ0) is 14.5. The summed E-state index contributed by atoms with van der Waals surface area (Å²) >= 11 is 0. The molecule has 2 N–H and O–H groups in total. The lowest BCUT2D eigenvalue weighted by molar-refractivity contribution is 0.185. The first-order valence-electron chi connectivity index (χ1n) is 7.15. The zero-order valence-electron chi connectivity index (χ0n) is 12.6. The first-order valence-corrected chi connectivity index (χ1v) is 8.76. The van der Waals surface area contributed by atoms with Gasteiger partial charge in [-0.05, 0) is 31.3 Å². The molecule has 0 bridgehead atoms. The van der Waals surface area contributed by atoms with Gasteiger partial charge in [0.2, 0.25) is 10.0 Å². The Morgan fingerprint density at radius 1 is 1.05 bits per heavy atom. The number of nitrogens with two attached hydrogens (primary N) is 1. The zero-order valence-corrected chi connectivity index (χ0v) is 13.4. The van der Waals surface area contributed by atoms with E-state index in [2.05, 4.69) is 4.90 Å². The summed E-state index contributed by atoms with van der Waals surface area (Å²) in [5, 5.41) is 0. The van der Waals surface area contributed by atoms with Crippen LogP contribution in [0.4, 0.5) is 0 Å². The van der Waals surface area contributed by atoms with E-state index in [9.17, 15) is 8.42 Å². The van der Waals surface area contributed by atoms with Crippen LogP contribution in [0.2, 0.25) is 0 Å². The van der Waals surface area contributed by atoms with E-state index in [1.807, 2.05) is 20.8 Å².